The summed E-state index contributed by atoms with van der Waals surface area (Å²) in [6.45, 7) is 4.35. The minimum Gasteiger partial charge on any atom is -0.478 e. The number of hydrogen-bond donors (Lipinski definition) is 2. The maximum atomic E-state index is 13.2. The second kappa shape index (κ2) is 16.5. The Kier molecular flexibility index (Phi) is 12.1. The molecule has 3 aromatic heterocycles. The van der Waals surface area contributed by atoms with Crippen LogP contribution in [0.15, 0.2) is 100 Å². The molecule has 0 spiro atoms. The van der Waals surface area contributed by atoms with Crippen molar-refractivity contribution in [3.8, 4) is 23.3 Å². The third kappa shape index (κ3) is 8.62. The third-order valence-corrected chi connectivity index (χ3v) is 12.6. The zero-order valence-corrected chi connectivity index (χ0v) is 31.2. The van der Waals surface area contributed by atoms with Crippen LogP contribution in [0, 0.1) is 0 Å². The van der Waals surface area contributed by atoms with Gasteiger partial charge >= 0.3 is 11.9 Å². The number of thiophene rings is 1. The van der Waals surface area contributed by atoms with Gasteiger partial charge in [0.2, 0.25) is 11.8 Å². The van der Waals surface area contributed by atoms with Crippen LogP contribution in [0.5, 0.6) is 23.3 Å². The highest BCUT2D eigenvalue weighted by molar-refractivity contribution is 7.94. The first-order chi connectivity index (χ1) is 25.3. The first-order valence-electron chi connectivity index (χ1n) is 15.7. The minimum absolute atomic E-state index is 0.0440. The van der Waals surface area contributed by atoms with Gasteiger partial charge in [-0.05, 0) is 60.7 Å². The Labute approximate surface area is 313 Å². The zero-order chi connectivity index (χ0) is 38.3. The Morgan fingerprint density at radius 1 is 0.736 bits per heavy atom. The van der Waals surface area contributed by atoms with E-state index in [0.717, 1.165) is 32.3 Å². The summed E-state index contributed by atoms with van der Waals surface area (Å²) in [6.07, 6.45) is 2.26. The van der Waals surface area contributed by atoms with Crippen LogP contribution in [0.1, 0.15) is 34.6 Å². The van der Waals surface area contributed by atoms with Crippen LogP contribution < -0.4 is 22.8 Å². The SMILES string of the molecule is CC.O=C(O)c1cnc2c(c1)N(S(=O)(=O)c1ccc(Cl)s1)CCO2.O=C(O)c1cnc2c(c1)N(S(=O)(=O)c1ccc(Oc3ccccc3)cc1)CCO2. The Morgan fingerprint density at radius 3 is 1.70 bits per heavy atom. The second-order valence-electron chi connectivity index (χ2n) is 10.5. The number of carboxylic acids is 2. The summed E-state index contributed by atoms with van der Waals surface area (Å²) >= 11 is 6.72. The van der Waals surface area contributed by atoms with Crippen LogP contribution in [0.4, 0.5) is 11.4 Å². The number of anilines is 2. The number of carboxylic acid groups (broad SMARTS) is 2. The molecule has 0 bridgehead atoms. The molecule has 0 unspecified atom stereocenters. The molecule has 278 valence electrons. The number of hydrogen-bond acceptors (Lipinski definition) is 12. The van der Waals surface area contributed by atoms with Crippen LogP contribution in [0.25, 0.3) is 0 Å². The Morgan fingerprint density at radius 2 is 1.23 bits per heavy atom. The van der Waals surface area contributed by atoms with Gasteiger partial charge in [-0.3, -0.25) is 8.61 Å². The summed E-state index contributed by atoms with van der Waals surface area (Å²) in [4.78, 5) is 30.1. The predicted molar refractivity (Wildman–Crippen MR) is 196 cm³/mol. The molecule has 2 aromatic carbocycles. The van der Waals surface area contributed by atoms with E-state index in [1.807, 2.05) is 32.0 Å². The number of aromatic carboxylic acids is 2. The van der Waals surface area contributed by atoms with Crippen LogP contribution in [-0.4, -0.2) is 75.3 Å². The smallest absolute Gasteiger partial charge is 0.337 e. The largest absolute Gasteiger partial charge is 0.478 e. The lowest BCUT2D eigenvalue weighted by atomic mass is 10.2. The quantitative estimate of drug-likeness (QED) is 0.178. The lowest BCUT2D eigenvalue weighted by molar-refractivity contribution is 0.0685. The highest BCUT2D eigenvalue weighted by atomic mass is 35.5. The van der Waals surface area contributed by atoms with Crippen molar-refractivity contribution in [2.45, 2.75) is 23.0 Å². The van der Waals surface area contributed by atoms with E-state index in [1.165, 1.54) is 36.4 Å². The number of benzene rings is 2. The number of nitrogens with zero attached hydrogens (tertiary/aromatic N) is 4. The van der Waals surface area contributed by atoms with E-state index in [-0.39, 0.29) is 69.7 Å². The molecule has 2 aliphatic heterocycles. The number of ether oxygens (including phenoxy) is 3. The number of fused-ring (bicyclic) bond motifs is 2. The number of para-hydroxylation sites is 1. The highest BCUT2D eigenvalue weighted by Crippen LogP contribution is 2.37. The molecule has 0 aliphatic carbocycles. The Hall–Kier alpha value is -5.43. The van der Waals surface area contributed by atoms with Gasteiger partial charge in [0.25, 0.3) is 20.0 Å². The molecule has 0 radical (unpaired) electrons. The molecular formula is C34H31ClN4O11S3. The first-order valence-corrected chi connectivity index (χ1v) is 19.8. The summed E-state index contributed by atoms with van der Waals surface area (Å²) < 4.78 is 70.7. The van der Waals surface area contributed by atoms with Crippen molar-refractivity contribution >= 4 is 66.3 Å². The fraction of sp³-hybridized carbons (Fsp3) is 0.176. The highest BCUT2D eigenvalue weighted by Gasteiger charge is 2.34. The van der Waals surface area contributed by atoms with Crippen LogP contribution in [0.2, 0.25) is 4.34 Å². The van der Waals surface area contributed by atoms with Crippen molar-refractivity contribution in [3.63, 3.8) is 0 Å². The second-order valence-corrected chi connectivity index (χ2v) is 16.2. The van der Waals surface area contributed by atoms with E-state index in [9.17, 15) is 31.5 Å². The molecule has 0 saturated carbocycles. The normalized spacial score (nSPS) is 13.3. The fourth-order valence-electron chi connectivity index (χ4n) is 4.86. The van der Waals surface area contributed by atoms with Crippen molar-refractivity contribution in [2.24, 2.45) is 0 Å². The lowest BCUT2D eigenvalue weighted by Crippen LogP contribution is -2.38. The molecule has 2 aliphatic rings. The summed E-state index contributed by atoms with van der Waals surface area (Å²) in [5, 5.41) is 18.2. The van der Waals surface area contributed by atoms with Gasteiger partial charge in [-0.2, -0.15) is 0 Å². The molecule has 2 N–H and O–H groups in total. The van der Waals surface area contributed by atoms with Crippen molar-refractivity contribution in [1.82, 2.24) is 9.97 Å². The number of sulfonamides is 2. The zero-order valence-electron chi connectivity index (χ0n) is 27.9. The fourth-order valence-corrected chi connectivity index (χ4v) is 9.34. The van der Waals surface area contributed by atoms with E-state index in [4.69, 9.17) is 30.9 Å². The molecule has 15 nitrogen and oxygen atoms in total. The van der Waals surface area contributed by atoms with Gasteiger partial charge in [0.15, 0.2) is 0 Å². The molecule has 0 amide bonds. The topological polar surface area (TPSA) is 203 Å². The standard InChI is InChI=1S/C20H16N2O6S.C12H9ClN2O5S2.C2H6/c23-20(24)14-12-18-19(21-13-14)27-11-10-22(18)29(25,26)17-8-6-16(7-9-17)28-15-4-2-1-3-5-15;13-9-1-2-10(21-9)22(18,19)15-3-4-20-11-8(15)5-7(6-14-11)12(16)17;1-2/h1-9,12-13H,10-11H2,(H,23,24);1-2,5-6H,3-4H2,(H,16,17);1-2H3. The molecular weight excluding hydrogens is 772 g/mol. The van der Waals surface area contributed by atoms with E-state index < -0.39 is 32.0 Å². The molecule has 0 atom stereocenters. The van der Waals surface area contributed by atoms with E-state index in [1.54, 1.807) is 24.3 Å². The number of carbonyl (C=O) groups is 2. The van der Waals surface area contributed by atoms with Crippen LogP contribution >= 0.6 is 22.9 Å². The molecule has 5 aromatic rings. The number of halogens is 1. The Bertz CT molecular complexity index is 2320. The molecule has 7 rings (SSSR count). The summed E-state index contributed by atoms with van der Waals surface area (Å²) in [5.41, 5.74) is -0.0360. The number of rotatable bonds is 8. The predicted octanol–water partition coefficient (Wildman–Crippen LogP) is 6.27. The Balaban J connectivity index is 0.000000202. The van der Waals surface area contributed by atoms with E-state index in [2.05, 4.69) is 9.97 Å². The summed E-state index contributed by atoms with van der Waals surface area (Å²) in [7, 11) is -7.79. The van der Waals surface area contributed by atoms with Gasteiger partial charge in [0.1, 0.15) is 40.3 Å². The van der Waals surface area contributed by atoms with Gasteiger partial charge in [0, 0.05) is 12.4 Å². The van der Waals surface area contributed by atoms with Crippen LogP contribution in [0.3, 0.4) is 0 Å². The van der Waals surface area contributed by atoms with Gasteiger partial charge in [-0.15, -0.1) is 11.3 Å². The van der Waals surface area contributed by atoms with Gasteiger partial charge in [-0.1, -0.05) is 43.6 Å². The molecule has 5 heterocycles. The van der Waals surface area contributed by atoms with Crippen LogP contribution in [-0.2, 0) is 20.0 Å². The molecule has 0 fully saturated rings. The average Bonchev–Trinajstić information content (AvgIpc) is 3.62. The van der Waals surface area contributed by atoms with Gasteiger partial charge in [0.05, 0.1) is 33.4 Å². The number of pyridine rings is 2. The molecule has 0 saturated heterocycles. The van der Waals surface area contributed by atoms with E-state index >= 15 is 0 Å². The average molecular weight is 803 g/mol. The van der Waals surface area contributed by atoms with Crippen molar-refractivity contribution in [3.05, 3.63) is 107 Å². The van der Waals surface area contributed by atoms with Crippen molar-refractivity contribution in [1.29, 1.82) is 0 Å². The first kappa shape index (κ1) is 38.8. The lowest BCUT2D eigenvalue weighted by Gasteiger charge is -2.29. The monoisotopic (exact) mass is 802 g/mol. The van der Waals surface area contributed by atoms with Gasteiger partial charge < -0.3 is 24.4 Å². The maximum absolute atomic E-state index is 13.2. The maximum Gasteiger partial charge on any atom is 0.337 e. The summed E-state index contributed by atoms with van der Waals surface area (Å²) in [6, 6.07) is 20.5. The third-order valence-electron chi connectivity index (χ3n) is 7.25. The molecule has 19 heteroatoms. The summed E-state index contributed by atoms with van der Waals surface area (Å²) in [5.74, 6) is -1.11. The minimum atomic E-state index is -3.94. The van der Waals surface area contributed by atoms with Crippen molar-refractivity contribution < 1.29 is 50.8 Å². The number of aromatic nitrogens is 2. The van der Waals surface area contributed by atoms with E-state index in [0.29, 0.717) is 15.8 Å². The molecule has 53 heavy (non-hydrogen) atoms. The van der Waals surface area contributed by atoms with Gasteiger partial charge in [-0.25, -0.2) is 36.4 Å². The van der Waals surface area contributed by atoms with Crippen molar-refractivity contribution in [2.75, 3.05) is 34.9 Å².